The third-order valence-electron chi connectivity index (χ3n) is 3.12. The minimum atomic E-state index is 0.252. The molecule has 0 aliphatic heterocycles. The first-order chi connectivity index (χ1) is 7.18. The third kappa shape index (κ3) is 2.61. The molecular formula is C12H21N3. The molecule has 1 atom stereocenters. The lowest BCUT2D eigenvalue weighted by atomic mass is 10.1. The molecule has 3 nitrogen and oxygen atoms in total. The predicted octanol–water partition coefficient (Wildman–Crippen LogP) is 1.46. The summed E-state index contributed by atoms with van der Waals surface area (Å²) in [4.78, 5) is 2.20. The SMILES string of the molecule is CN(C)CCn1cccc1C(N)C1CC1. The number of nitrogens with zero attached hydrogens (tertiary/aromatic N) is 2. The summed E-state index contributed by atoms with van der Waals surface area (Å²) >= 11 is 0. The van der Waals surface area contributed by atoms with Crippen LogP contribution in [0.15, 0.2) is 18.3 Å². The molecule has 0 amide bonds. The van der Waals surface area contributed by atoms with Gasteiger partial charge in [0.1, 0.15) is 0 Å². The van der Waals surface area contributed by atoms with Crippen molar-refractivity contribution in [1.29, 1.82) is 0 Å². The van der Waals surface area contributed by atoms with Gasteiger partial charge in [-0.2, -0.15) is 0 Å². The van der Waals surface area contributed by atoms with Crippen molar-refractivity contribution < 1.29 is 0 Å². The largest absolute Gasteiger partial charge is 0.349 e. The summed E-state index contributed by atoms with van der Waals surface area (Å²) in [6.07, 6.45) is 4.75. The molecule has 0 radical (unpaired) electrons. The van der Waals surface area contributed by atoms with E-state index >= 15 is 0 Å². The van der Waals surface area contributed by atoms with Gasteiger partial charge in [0.2, 0.25) is 0 Å². The van der Waals surface area contributed by atoms with E-state index in [1.165, 1.54) is 18.5 Å². The zero-order valence-corrected chi connectivity index (χ0v) is 9.69. The van der Waals surface area contributed by atoms with Crippen LogP contribution in [-0.4, -0.2) is 30.1 Å². The second kappa shape index (κ2) is 4.37. The van der Waals surface area contributed by atoms with Crippen molar-refractivity contribution in [1.82, 2.24) is 9.47 Å². The van der Waals surface area contributed by atoms with Gasteiger partial charge in [-0.15, -0.1) is 0 Å². The zero-order valence-electron chi connectivity index (χ0n) is 9.69. The Morgan fingerprint density at radius 1 is 1.53 bits per heavy atom. The second-order valence-electron chi connectivity index (χ2n) is 4.79. The van der Waals surface area contributed by atoms with Crippen molar-refractivity contribution in [3.05, 3.63) is 24.0 Å². The van der Waals surface area contributed by atoms with Crippen LogP contribution >= 0.6 is 0 Å². The first-order valence-electron chi connectivity index (χ1n) is 5.74. The van der Waals surface area contributed by atoms with Crippen LogP contribution in [0.5, 0.6) is 0 Å². The molecule has 0 aromatic carbocycles. The van der Waals surface area contributed by atoms with E-state index in [2.05, 4.69) is 41.9 Å². The highest BCUT2D eigenvalue weighted by Gasteiger charge is 2.30. The number of rotatable bonds is 5. The summed E-state index contributed by atoms with van der Waals surface area (Å²) in [5, 5.41) is 0. The minimum absolute atomic E-state index is 0.252. The molecule has 1 aromatic rings. The van der Waals surface area contributed by atoms with Crippen LogP contribution in [0.3, 0.4) is 0 Å². The van der Waals surface area contributed by atoms with Gasteiger partial charge in [0, 0.05) is 31.0 Å². The van der Waals surface area contributed by atoms with Gasteiger partial charge in [0.25, 0.3) is 0 Å². The Morgan fingerprint density at radius 2 is 2.27 bits per heavy atom. The van der Waals surface area contributed by atoms with Gasteiger partial charge in [-0.3, -0.25) is 0 Å². The Morgan fingerprint density at radius 3 is 2.87 bits per heavy atom. The molecule has 1 unspecified atom stereocenters. The van der Waals surface area contributed by atoms with E-state index in [1.54, 1.807) is 0 Å². The molecule has 0 spiro atoms. The molecule has 0 saturated heterocycles. The quantitative estimate of drug-likeness (QED) is 0.793. The van der Waals surface area contributed by atoms with E-state index in [0.29, 0.717) is 0 Å². The maximum atomic E-state index is 6.22. The Kier molecular flexibility index (Phi) is 3.12. The maximum Gasteiger partial charge on any atom is 0.0478 e. The van der Waals surface area contributed by atoms with Crippen molar-refractivity contribution >= 4 is 0 Å². The van der Waals surface area contributed by atoms with E-state index in [9.17, 15) is 0 Å². The lowest BCUT2D eigenvalue weighted by molar-refractivity contribution is 0.377. The standard InChI is InChI=1S/C12H21N3/c1-14(2)8-9-15-7-3-4-11(15)12(13)10-5-6-10/h3-4,7,10,12H,5-6,8-9,13H2,1-2H3. The first-order valence-corrected chi connectivity index (χ1v) is 5.74. The van der Waals surface area contributed by atoms with Crippen molar-refractivity contribution in [2.75, 3.05) is 20.6 Å². The fraction of sp³-hybridized carbons (Fsp3) is 0.667. The highest BCUT2D eigenvalue weighted by atomic mass is 15.1. The number of hydrogen-bond acceptors (Lipinski definition) is 2. The van der Waals surface area contributed by atoms with E-state index in [-0.39, 0.29) is 6.04 Å². The molecule has 1 saturated carbocycles. The number of aromatic nitrogens is 1. The fourth-order valence-electron chi connectivity index (χ4n) is 1.94. The molecule has 1 heterocycles. The molecule has 84 valence electrons. The Hall–Kier alpha value is -0.800. The number of nitrogens with two attached hydrogens (primary N) is 1. The summed E-state index contributed by atoms with van der Waals surface area (Å²) in [6, 6.07) is 4.52. The van der Waals surface area contributed by atoms with Crippen LogP contribution in [0.1, 0.15) is 24.6 Å². The molecule has 2 rings (SSSR count). The van der Waals surface area contributed by atoms with E-state index < -0.39 is 0 Å². The summed E-state index contributed by atoms with van der Waals surface area (Å²) in [6.45, 7) is 2.11. The molecule has 1 aliphatic carbocycles. The number of likely N-dealkylation sites (N-methyl/N-ethyl adjacent to an activating group) is 1. The van der Waals surface area contributed by atoms with Gasteiger partial charge in [-0.25, -0.2) is 0 Å². The average molecular weight is 207 g/mol. The lowest BCUT2D eigenvalue weighted by Crippen LogP contribution is -2.22. The molecule has 2 N–H and O–H groups in total. The Balaban J connectivity index is 2.00. The molecular weight excluding hydrogens is 186 g/mol. The molecule has 1 aliphatic rings. The molecule has 1 aromatic heterocycles. The van der Waals surface area contributed by atoms with E-state index in [1.807, 2.05) is 0 Å². The highest BCUT2D eigenvalue weighted by Crippen LogP contribution is 2.39. The van der Waals surface area contributed by atoms with Gasteiger partial charge in [-0.05, 0) is 45.0 Å². The van der Waals surface area contributed by atoms with Gasteiger partial charge < -0.3 is 15.2 Å². The minimum Gasteiger partial charge on any atom is -0.349 e. The highest BCUT2D eigenvalue weighted by molar-refractivity contribution is 5.14. The normalized spacial score (nSPS) is 18.4. The van der Waals surface area contributed by atoms with Crippen molar-refractivity contribution in [2.24, 2.45) is 11.7 Å². The summed E-state index contributed by atoms with van der Waals surface area (Å²) in [5.74, 6) is 0.734. The van der Waals surface area contributed by atoms with Crippen LogP contribution < -0.4 is 5.73 Å². The molecule has 1 fully saturated rings. The molecule has 15 heavy (non-hydrogen) atoms. The van der Waals surface area contributed by atoms with Gasteiger partial charge in [0.05, 0.1) is 0 Å². The van der Waals surface area contributed by atoms with Crippen LogP contribution in [0.4, 0.5) is 0 Å². The van der Waals surface area contributed by atoms with Crippen molar-refractivity contribution in [3.8, 4) is 0 Å². The van der Waals surface area contributed by atoms with Crippen LogP contribution in [0.25, 0.3) is 0 Å². The third-order valence-corrected chi connectivity index (χ3v) is 3.12. The van der Waals surface area contributed by atoms with Crippen LogP contribution in [-0.2, 0) is 6.54 Å². The first kappa shape index (κ1) is 10.7. The smallest absolute Gasteiger partial charge is 0.0478 e. The van der Waals surface area contributed by atoms with Crippen LogP contribution in [0, 0.1) is 5.92 Å². The molecule has 0 bridgehead atoms. The Bertz CT molecular complexity index is 312. The van der Waals surface area contributed by atoms with Gasteiger partial charge in [-0.1, -0.05) is 0 Å². The summed E-state index contributed by atoms with van der Waals surface area (Å²) in [7, 11) is 4.20. The van der Waals surface area contributed by atoms with E-state index in [0.717, 1.165) is 19.0 Å². The summed E-state index contributed by atoms with van der Waals surface area (Å²) in [5.41, 5.74) is 7.52. The summed E-state index contributed by atoms with van der Waals surface area (Å²) < 4.78 is 2.29. The molecule has 3 heteroatoms. The van der Waals surface area contributed by atoms with Gasteiger partial charge in [0.15, 0.2) is 0 Å². The topological polar surface area (TPSA) is 34.2 Å². The zero-order chi connectivity index (χ0) is 10.8. The van der Waals surface area contributed by atoms with Crippen LogP contribution in [0.2, 0.25) is 0 Å². The van der Waals surface area contributed by atoms with Gasteiger partial charge >= 0.3 is 0 Å². The monoisotopic (exact) mass is 207 g/mol. The van der Waals surface area contributed by atoms with E-state index in [4.69, 9.17) is 5.73 Å². The average Bonchev–Trinajstić information content (AvgIpc) is 2.93. The van der Waals surface area contributed by atoms with Crippen molar-refractivity contribution in [3.63, 3.8) is 0 Å². The second-order valence-corrected chi connectivity index (χ2v) is 4.79. The lowest BCUT2D eigenvalue weighted by Gasteiger charge is -2.17. The Labute approximate surface area is 91.9 Å². The predicted molar refractivity (Wildman–Crippen MR) is 62.6 cm³/mol. The fourth-order valence-corrected chi connectivity index (χ4v) is 1.94. The number of hydrogen-bond donors (Lipinski definition) is 1. The van der Waals surface area contributed by atoms with Crippen molar-refractivity contribution in [2.45, 2.75) is 25.4 Å². The maximum absolute atomic E-state index is 6.22.